The molecular formula is C19H32N6O. The number of nitrogens with one attached hydrogen (secondary N) is 1. The maximum atomic E-state index is 10.1. The van der Waals surface area contributed by atoms with Gasteiger partial charge < -0.3 is 25.1 Å². The number of benzene rings is 1. The predicted octanol–water partition coefficient (Wildman–Crippen LogP) is 0.335. The van der Waals surface area contributed by atoms with Crippen LogP contribution in [-0.4, -0.2) is 105 Å². The van der Waals surface area contributed by atoms with Crippen molar-refractivity contribution in [3.8, 4) is 5.75 Å². The van der Waals surface area contributed by atoms with Crippen molar-refractivity contribution in [1.29, 1.82) is 0 Å². The quantitative estimate of drug-likeness (QED) is 0.599. The van der Waals surface area contributed by atoms with Crippen LogP contribution in [0.3, 0.4) is 0 Å². The third-order valence-electron chi connectivity index (χ3n) is 5.49. The van der Waals surface area contributed by atoms with Gasteiger partial charge in [-0.2, -0.15) is 0 Å². The fourth-order valence-corrected chi connectivity index (χ4v) is 3.75. The van der Waals surface area contributed by atoms with E-state index >= 15 is 0 Å². The Morgan fingerprint density at radius 2 is 1.85 bits per heavy atom. The number of phenolic OH excluding ortho intramolecular Hbond substituents is 1. The molecule has 7 nitrogen and oxygen atoms in total. The lowest BCUT2D eigenvalue weighted by Gasteiger charge is -2.40. The molecule has 0 saturated carbocycles. The molecule has 2 aliphatic rings. The Hall–Kier alpha value is -1.99. The van der Waals surface area contributed by atoms with Crippen LogP contribution in [0.15, 0.2) is 29.3 Å². The summed E-state index contributed by atoms with van der Waals surface area (Å²) >= 11 is 0. The van der Waals surface area contributed by atoms with Gasteiger partial charge in [-0.15, -0.1) is 0 Å². The Morgan fingerprint density at radius 1 is 1.12 bits per heavy atom. The molecular weight excluding hydrogens is 328 g/mol. The first-order valence-electron chi connectivity index (χ1n) is 9.46. The molecule has 2 N–H and O–H groups in total. The van der Waals surface area contributed by atoms with Crippen molar-refractivity contribution in [2.24, 2.45) is 4.99 Å². The average Bonchev–Trinajstić information content (AvgIpc) is 2.66. The Kier molecular flexibility index (Phi) is 6.21. The predicted molar refractivity (Wildman–Crippen MR) is 107 cm³/mol. The first-order valence-corrected chi connectivity index (χ1v) is 9.46. The largest absolute Gasteiger partial charge is 0.506 e. The van der Waals surface area contributed by atoms with E-state index in [-0.39, 0.29) is 0 Å². The molecule has 1 aromatic rings. The van der Waals surface area contributed by atoms with E-state index in [4.69, 9.17) is 0 Å². The number of nitrogens with zero attached hydrogens (tertiary/aromatic N) is 5. The summed E-state index contributed by atoms with van der Waals surface area (Å²) in [6, 6.07) is 8.07. The van der Waals surface area contributed by atoms with Gasteiger partial charge in [-0.25, -0.2) is 0 Å². The number of phenols is 1. The molecule has 1 aromatic carbocycles. The monoisotopic (exact) mass is 360 g/mol. The maximum absolute atomic E-state index is 10.1. The minimum atomic E-state index is 0.355. The van der Waals surface area contributed by atoms with E-state index in [0.29, 0.717) is 11.8 Å². The van der Waals surface area contributed by atoms with E-state index < -0.39 is 0 Å². The van der Waals surface area contributed by atoms with Crippen LogP contribution in [0.4, 0.5) is 5.69 Å². The van der Waals surface area contributed by atoms with Gasteiger partial charge in [0.05, 0.1) is 5.69 Å². The number of aliphatic imine (C=N–C) groups is 1. The van der Waals surface area contributed by atoms with E-state index in [2.05, 4.69) is 44.0 Å². The number of anilines is 1. The van der Waals surface area contributed by atoms with E-state index in [9.17, 15) is 5.11 Å². The highest BCUT2D eigenvalue weighted by molar-refractivity contribution is 5.80. The Balaban J connectivity index is 1.52. The van der Waals surface area contributed by atoms with Crippen LogP contribution in [0.25, 0.3) is 0 Å². The molecule has 2 saturated heterocycles. The zero-order valence-corrected chi connectivity index (χ0v) is 16.2. The van der Waals surface area contributed by atoms with Gasteiger partial charge in [-0.05, 0) is 26.2 Å². The molecule has 2 fully saturated rings. The Bertz CT molecular complexity index is 614. The standard InChI is InChI=1S/C19H32N6O/c1-20-19(21-14-16-15-22(2)8-9-23(16)3)25-12-10-24(11-13-25)17-6-4-5-7-18(17)26/h4-7,16,26H,8-15H2,1-3H3,(H,20,21). The van der Waals surface area contributed by atoms with Crippen LogP contribution in [0.1, 0.15) is 0 Å². The summed E-state index contributed by atoms with van der Waals surface area (Å²) in [6.45, 7) is 7.79. The molecule has 0 spiro atoms. The van der Waals surface area contributed by atoms with Gasteiger partial charge in [-0.1, -0.05) is 12.1 Å². The van der Waals surface area contributed by atoms with Gasteiger partial charge >= 0.3 is 0 Å². The van der Waals surface area contributed by atoms with Crippen molar-refractivity contribution in [1.82, 2.24) is 20.0 Å². The van der Waals surface area contributed by atoms with E-state index in [1.165, 1.54) is 0 Å². The smallest absolute Gasteiger partial charge is 0.193 e. The van der Waals surface area contributed by atoms with Gasteiger partial charge in [-0.3, -0.25) is 9.89 Å². The van der Waals surface area contributed by atoms with Gasteiger partial charge in [0, 0.05) is 65.4 Å². The van der Waals surface area contributed by atoms with Crippen molar-refractivity contribution in [2.45, 2.75) is 6.04 Å². The van der Waals surface area contributed by atoms with E-state index in [1.807, 2.05) is 25.2 Å². The number of guanidine groups is 1. The van der Waals surface area contributed by atoms with Crippen LogP contribution >= 0.6 is 0 Å². The van der Waals surface area contributed by atoms with Crippen molar-refractivity contribution in [3.63, 3.8) is 0 Å². The van der Waals surface area contributed by atoms with Gasteiger partial charge in [0.25, 0.3) is 0 Å². The molecule has 2 heterocycles. The SMILES string of the molecule is CN=C(NCC1CN(C)CCN1C)N1CCN(c2ccccc2O)CC1. The molecule has 0 radical (unpaired) electrons. The number of para-hydroxylation sites is 2. The van der Waals surface area contributed by atoms with Crippen LogP contribution in [0.5, 0.6) is 5.75 Å². The molecule has 0 bridgehead atoms. The fraction of sp³-hybridized carbons (Fsp3) is 0.632. The van der Waals surface area contributed by atoms with Crippen LogP contribution < -0.4 is 10.2 Å². The lowest BCUT2D eigenvalue weighted by atomic mass is 10.2. The van der Waals surface area contributed by atoms with Crippen LogP contribution in [0, 0.1) is 0 Å². The third-order valence-corrected chi connectivity index (χ3v) is 5.49. The second kappa shape index (κ2) is 8.60. The number of likely N-dealkylation sites (N-methyl/N-ethyl adjacent to an activating group) is 2. The normalized spacial score (nSPS) is 23.3. The lowest BCUT2D eigenvalue weighted by Crippen LogP contribution is -2.57. The zero-order chi connectivity index (χ0) is 18.5. The molecule has 3 rings (SSSR count). The van der Waals surface area contributed by atoms with Crippen molar-refractivity contribution >= 4 is 11.6 Å². The lowest BCUT2D eigenvalue weighted by molar-refractivity contribution is 0.116. The molecule has 1 unspecified atom stereocenters. The molecule has 2 aliphatic heterocycles. The molecule has 26 heavy (non-hydrogen) atoms. The topological polar surface area (TPSA) is 57.6 Å². The fourth-order valence-electron chi connectivity index (χ4n) is 3.75. The summed E-state index contributed by atoms with van der Waals surface area (Å²) < 4.78 is 0. The second-order valence-electron chi connectivity index (χ2n) is 7.29. The van der Waals surface area contributed by atoms with E-state index in [1.54, 1.807) is 6.07 Å². The Labute approximate surface area is 156 Å². The molecule has 0 aromatic heterocycles. The minimum absolute atomic E-state index is 0.355. The second-order valence-corrected chi connectivity index (χ2v) is 7.29. The summed E-state index contributed by atoms with van der Waals surface area (Å²) in [5.74, 6) is 1.33. The third kappa shape index (κ3) is 4.40. The summed E-state index contributed by atoms with van der Waals surface area (Å²) in [6.07, 6.45) is 0. The van der Waals surface area contributed by atoms with Gasteiger partial charge in [0.15, 0.2) is 5.96 Å². The summed E-state index contributed by atoms with van der Waals surface area (Å²) in [7, 11) is 6.24. The number of rotatable bonds is 3. The summed E-state index contributed by atoms with van der Waals surface area (Å²) in [5, 5.41) is 13.6. The maximum Gasteiger partial charge on any atom is 0.193 e. The van der Waals surface area contributed by atoms with Crippen LogP contribution in [0.2, 0.25) is 0 Å². The number of hydrogen-bond acceptors (Lipinski definition) is 5. The summed E-state index contributed by atoms with van der Waals surface area (Å²) in [5.41, 5.74) is 0.918. The molecule has 0 aliphatic carbocycles. The molecule has 0 amide bonds. The molecule has 7 heteroatoms. The number of aromatic hydroxyl groups is 1. The number of hydrogen-bond donors (Lipinski definition) is 2. The highest BCUT2D eigenvalue weighted by atomic mass is 16.3. The van der Waals surface area contributed by atoms with Crippen molar-refractivity contribution < 1.29 is 5.11 Å². The van der Waals surface area contributed by atoms with Crippen LogP contribution in [-0.2, 0) is 0 Å². The average molecular weight is 361 g/mol. The highest BCUT2D eigenvalue weighted by Gasteiger charge is 2.24. The number of piperazine rings is 2. The highest BCUT2D eigenvalue weighted by Crippen LogP contribution is 2.27. The van der Waals surface area contributed by atoms with Crippen molar-refractivity contribution in [2.75, 3.05) is 78.4 Å². The van der Waals surface area contributed by atoms with Crippen molar-refractivity contribution in [3.05, 3.63) is 24.3 Å². The zero-order valence-electron chi connectivity index (χ0n) is 16.2. The van der Waals surface area contributed by atoms with Gasteiger partial charge in [0.1, 0.15) is 5.75 Å². The minimum Gasteiger partial charge on any atom is -0.506 e. The first kappa shape index (κ1) is 18.8. The van der Waals surface area contributed by atoms with Gasteiger partial charge in [0.2, 0.25) is 0 Å². The molecule has 1 atom stereocenters. The molecule has 144 valence electrons. The first-order chi connectivity index (χ1) is 12.6. The van der Waals surface area contributed by atoms with E-state index in [0.717, 1.165) is 64.0 Å². The summed E-state index contributed by atoms with van der Waals surface area (Å²) in [4.78, 5) is 13.9. The Morgan fingerprint density at radius 3 is 2.54 bits per heavy atom.